The van der Waals surface area contributed by atoms with Crippen LogP contribution in [0, 0.1) is 0 Å². The van der Waals surface area contributed by atoms with Gasteiger partial charge < -0.3 is 20.7 Å². The lowest BCUT2D eigenvalue weighted by Gasteiger charge is -2.18. The van der Waals surface area contributed by atoms with Crippen molar-refractivity contribution < 1.29 is 19.1 Å². The zero-order valence-electron chi connectivity index (χ0n) is 17.9. The first-order chi connectivity index (χ1) is 15.4. The molecule has 1 atom stereocenters. The Morgan fingerprint density at radius 2 is 1.41 bits per heavy atom. The first-order valence-electron chi connectivity index (χ1n) is 10.1. The molecule has 0 heterocycles. The van der Waals surface area contributed by atoms with Crippen molar-refractivity contribution in [2.45, 2.75) is 19.4 Å². The molecule has 3 aromatic rings. The summed E-state index contributed by atoms with van der Waals surface area (Å²) in [6.45, 7) is 1.42. The van der Waals surface area contributed by atoms with E-state index in [0.29, 0.717) is 22.7 Å². The van der Waals surface area contributed by atoms with E-state index in [4.69, 9.17) is 4.74 Å². The number of hydrogen-bond donors (Lipinski definition) is 3. The third kappa shape index (κ3) is 6.43. The summed E-state index contributed by atoms with van der Waals surface area (Å²) < 4.78 is 5.10. The lowest BCUT2D eigenvalue weighted by Crippen LogP contribution is -2.29. The maximum absolute atomic E-state index is 12.5. The first-order valence-corrected chi connectivity index (χ1v) is 10.1. The van der Waals surface area contributed by atoms with Gasteiger partial charge >= 0.3 is 0 Å². The highest BCUT2D eigenvalue weighted by molar-refractivity contribution is 6.04. The maximum Gasteiger partial charge on any atom is 0.255 e. The van der Waals surface area contributed by atoms with Gasteiger partial charge in [0.05, 0.1) is 19.6 Å². The summed E-state index contributed by atoms with van der Waals surface area (Å²) in [5, 5.41) is 8.42. The third-order valence-electron chi connectivity index (χ3n) is 4.75. The number of hydrogen-bond acceptors (Lipinski definition) is 4. The highest BCUT2D eigenvalue weighted by Crippen LogP contribution is 2.19. The number of carbonyl (C=O) groups is 3. The van der Waals surface area contributed by atoms with E-state index in [9.17, 15) is 14.4 Å². The van der Waals surface area contributed by atoms with E-state index >= 15 is 0 Å². The Labute approximate surface area is 186 Å². The van der Waals surface area contributed by atoms with Gasteiger partial charge in [0.2, 0.25) is 11.8 Å². The normalized spacial score (nSPS) is 11.2. The summed E-state index contributed by atoms with van der Waals surface area (Å²) >= 11 is 0. The van der Waals surface area contributed by atoms with Crippen LogP contribution in [0.15, 0.2) is 78.9 Å². The maximum atomic E-state index is 12.5. The minimum absolute atomic E-state index is 0.0866. The Morgan fingerprint density at radius 1 is 0.812 bits per heavy atom. The molecule has 0 unspecified atom stereocenters. The monoisotopic (exact) mass is 431 g/mol. The summed E-state index contributed by atoms with van der Waals surface area (Å²) in [6.07, 6.45) is 0.0866. The zero-order chi connectivity index (χ0) is 22.9. The minimum Gasteiger partial charge on any atom is -0.497 e. The van der Waals surface area contributed by atoms with Crippen molar-refractivity contribution >= 4 is 29.1 Å². The Bertz CT molecular complexity index is 1060. The molecule has 0 aromatic heterocycles. The van der Waals surface area contributed by atoms with E-state index < -0.39 is 6.04 Å². The Kier molecular flexibility index (Phi) is 7.59. The van der Waals surface area contributed by atoms with Crippen molar-refractivity contribution in [3.8, 4) is 5.75 Å². The van der Waals surface area contributed by atoms with Gasteiger partial charge in [0.1, 0.15) is 5.75 Å². The van der Waals surface area contributed by atoms with Gasteiger partial charge in [-0.05, 0) is 54.1 Å². The number of benzene rings is 3. The van der Waals surface area contributed by atoms with Gasteiger partial charge in [-0.2, -0.15) is 0 Å². The van der Waals surface area contributed by atoms with Crippen molar-refractivity contribution in [2.24, 2.45) is 0 Å². The fourth-order valence-corrected chi connectivity index (χ4v) is 3.16. The van der Waals surface area contributed by atoms with Gasteiger partial charge in [0.25, 0.3) is 5.91 Å². The summed E-state index contributed by atoms with van der Waals surface area (Å²) in [7, 11) is 1.58. The van der Waals surface area contributed by atoms with Crippen LogP contribution in [0.4, 0.5) is 11.4 Å². The van der Waals surface area contributed by atoms with Crippen LogP contribution in [0.2, 0.25) is 0 Å². The molecule has 0 aliphatic rings. The summed E-state index contributed by atoms with van der Waals surface area (Å²) in [6, 6.07) is 22.5. The molecule has 0 saturated heterocycles. The summed E-state index contributed by atoms with van der Waals surface area (Å²) in [5.74, 6) is -0.0131. The van der Waals surface area contributed by atoms with Crippen LogP contribution in [0.5, 0.6) is 5.75 Å². The molecule has 32 heavy (non-hydrogen) atoms. The highest BCUT2D eigenvalue weighted by Gasteiger charge is 2.17. The van der Waals surface area contributed by atoms with Crippen molar-refractivity contribution in [1.82, 2.24) is 5.32 Å². The van der Waals surface area contributed by atoms with Crippen LogP contribution in [0.25, 0.3) is 0 Å². The molecular weight excluding hydrogens is 406 g/mol. The Balaban J connectivity index is 1.59. The van der Waals surface area contributed by atoms with Crippen molar-refractivity contribution in [1.29, 1.82) is 0 Å². The minimum atomic E-state index is -0.428. The Hall–Kier alpha value is -4.13. The largest absolute Gasteiger partial charge is 0.497 e. The van der Waals surface area contributed by atoms with Crippen LogP contribution in [0.3, 0.4) is 0 Å². The standard InChI is InChI=1S/C25H25N3O4/c1-17(29)26-23(18-6-4-3-5-7-18)16-24(30)27-20-10-8-19(9-11-20)25(31)28-21-12-14-22(32-2)15-13-21/h3-15,23H,16H2,1-2H3,(H,26,29)(H,27,30)(H,28,31)/t23-/m0/s1. The van der Waals surface area contributed by atoms with Gasteiger partial charge in [-0.3, -0.25) is 14.4 Å². The predicted octanol–water partition coefficient (Wildman–Crippen LogP) is 4.15. The van der Waals surface area contributed by atoms with Gasteiger partial charge in [-0.25, -0.2) is 0 Å². The molecule has 3 amide bonds. The smallest absolute Gasteiger partial charge is 0.255 e. The molecule has 0 saturated carbocycles. The highest BCUT2D eigenvalue weighted by atomic mass is 16.5. The molecule has 0 aliphatic carbocycles. The molecule has 3 aromatic carbocycles. The van der Waals surface area contributed by atoms with Crippen molar-refractivity contribution in [2.75, 3.05) is 17.7 Å². The molecule has 7 heteroatoms. The van der Waals surface area contributed by atoms with Gasteiger partial charge in [0.15, 0.2) is 0 Å². The van der Waals surface area contributed by atoms with Crippen LogP contribution < -0.4 is 20.7 Å². The first kappa shape index (κ1) is 22.6. The molecule has 3 N–H and O–H groups in total. The number of rotatable bonds is 8. The van der Waals surface area contributed by atoms with Gasteiger partial charge in [0, 0.05) is 23.9 Å². The molecule has 0 radical (unpaired) electrons. The second kappa shape index (κ2) is 10.8. The molecule has 3 rings (SSSR count). The lowest BCUT2D eigenvalue weighted by molar-refractivity contribution is -0.120. The molecular formula is C25H25N3O4. The number of methoxy groups -OCH3 is 1. The molecule has 0 fully saturated rings. The topological polar surface area (TPSA) is 96.5 Å². The van der Waals surface area contributed by atoms with E-state index in [0.717, 1.165) is 5.56 Å². The molecule has 164 valence electrons. The fourth-order valence-electron chi connectivity index (χ4n) is 3.16. The van der Waals surface area contributed by atoms with E-state index in [1.165, 1.54) is 6.92 Å². The van der Waals surface area contributed by atoms with Crippen LogP contribution in [0.1, 0.15) is 35.3 Å². The van der Waals surface area contributed by atoms with E-state index in [2.05, 4.69) is 16.0 Å². The van der Waals surface area contributed by atoms with Gasteiger partial charge in [-0.15, -0.1) is 0 Å². The quantitative estimate of drug-likeness (QED) is 0.499. The second-order valence-electron chi connectivity index (χ2n) is 7.18. The number of amides is 3. The van der Waals surface area contributed by atoms with Crippen LogP contribution in [-0.4, -0.2) is 24.8 Å². The number of ether oxygens (including phenoxy) is 1. The summed E-state index contributed by atoms with van der Waals surface area (Å²) in [5.41, 5.74) is 2.52. The Morgan fingerprint density at radius 3 is 2.00 bits per heavy atom. The predicted molar refractivity (Wildman–Crippen MR) is 124 cm³/mol. The third-order valence-corrected chi connectivity index (χ3v) is 4.75. The SMILES string of the molecule is COc1ccc(NC(=O)c2ccc(NC(=O)C[C@H](NC(C)=O)c3ccccc3)cc2)cc1. The number of carbonyl (C=O) groups excluding carboxylic acids is 3. The summed E-state index contributed by atoms with van der Waals surface area (Å²) in [4.78, 5) is 36.5. The molecule has 7 nitrogen and oxygen atoms in total. The average Bonchev–Trinajstić information content (AvgIpc) is 2.80. The molecule has 0 spiro atoms. The van der Waals surface area contributed by atoms with Gasteiger partial charge in [-0.1, -0.05) is 30.3 Å². The van der Waals surface area contributed by atoms with Crippen LogP contribution >= 0.6 is 0 Å². The molecule has 0 bridgehead atoms. The molecule has 0 aliphatic heterocycles. The van der Waals surface area contributed by atoms with Crippen molar-refractivity contribution in [3.63, 3.8) is 0 Å². The lowest BCUT2D eigenvalue weighted by atomic mass is 10.0. The fraction of sp³-hybridized carbons (Fsp3) is 0.160. The van der Waals surface area contributed by atoms with Crippen molar-refractivity contribution in [3.05, 3.63) is 90.0 Å². The average molecular weight is 431 g/mol. The zero-order valence-corrected chi connectivity index (χ0v) is 17.9. The van der Waals surface area contributed by atoms with E-state index in [1.54, 1.807) is 55.6 Å². The van der Waals surface area contributed by atoms with E-state index in [1.807, 2.05) is 30.3 Å². The number of anilines is 2. The van der Waals surface area contributed by atoms with E-state index in [-0.39, 0.29) is 24.1 Å². The number of nitrogens with one attached hydrogen (secondary N) is 3. The second-order valence-corrected chi connectivity index (χ2v) is 7.18. The van der Waals surface area contributed by atoms with Crippen LogP contribution in [-0.2, 0) is 9.59 Å².